The van der Waals surface area contributed by atoms with Crippen molar-refractivity contribution in [2.24, 2.45) is 5.92 Å². The minimum Gasteiger partial charge on any atom is -0.489 e. The minimum atomic E-state index is 0.216. The van der Waals surface area contributed by atoms with Gasteiger partial charge in [-0.3, -0.25) is 0 Å². The van der Waals surface area contributed by atoms with Crippen LogP contribution in [0.25, 0.3) is 10.8 Å². The van der Waals surface area contributed by atoms with E-state index in [0.29, 0.717) is 11.2 Å². The van der Waals surface area contributed by atoms with Crippen molar-refractivity contribution in [3.8, 4) is 5.75 Å². The molecule has 0 spiro atoms. The van der Waals surface area contributed by atoms with Gasteiger partial charge in [0, 0.05) is 5.39 Å². The Morgan fingerprint density at radius 3 is 2.77 bits per heavy atom. The minimum absolute atomic E-state index is 0.216. The smallest absolute Gasteiger partial charge is 0.127 e. The van der Waals surface area contributed by atoms with Crippen LogP contribution in [0.4, 0.5) is 0 Å². The summed E-state index contributed by atoms with van der Waals surface area (Å²) < 4.78 is 6.48. The molecule has 1 heterocycles. The topological polar surface area (TPSA) is 21.3 Å². The van der Waals surface area contributed by atoms with Crippen LogP contribution in [0.1, 0.15) is 13.3 Å². The molecule has 2 aromatic carbocycles. The average Bonchev–Trinajstić information content (AvgIpc) is 2.97. The van der Waals surface area contributed by atoms with Crippen molar-refractivity contribution in [3.05, 3.63) is 53.9 Å². The van der Waals surface area contributed by atoms with Gasteiger partial charge in [-0.05, 0) is 42.8 Å². The van der Waals surface area contributed by atoms with E-state index in [1.165, 1.54) is 10.8 Å². The fraction of sp³-hybridized carbons (Fsp3) is 0.368. The monoisotopic (exact) mass is 313 g/mol. The molecule has 3 atom stereocenters. The fourth-order valence-electron chi connectivity index (χ4n) is 2.96. The third-order valence-electron chi connectivity index (χ3n) is 4.21. The number of nitrogens with one attached hydrogen (secondary N) is 1. The predicted octanol–water partition coefficient (Wildman–Crippen LogP) is 4.46. The lowest BCUT2D eigenvalue weighted by molar-refractivity contribution is 0.179. The number of ether oxygens (including phenoxy) is 1. The molecule has 22 heavy (non-hydrogen) atoms. The van der Waals surface area contributed by atoms with Gasteiger partial charge in [-0.15, -0.1) is 11.8 Å². The van der Waals surface area contributed by atoms with Gasteiger partial charge >= 0.3 is 0 Å². The van der Waals surface area contributed by atoms with E-state index in [1.54, 1.807) is 0 Å². The van der Waals surface area contributed by atoms with E-state index < -0.39 is 0 Å². The van der Waals surface area contributed by atoms with Crippen LogP contribution in [0.15, 0.2) is 53.9 Å². The van der Waals surface area contributed by atoms with Gasteiger partial charge in [-0.2, -0.15) is 0 Å². The lowest BCUT2D eigenvalue weighted by Gasteiger charge is -2.27. The molecule has 2 aromatic rings. The van der Waals surface area contributed by atoms with Crippen molar-refractivity contribution in [3.63, 3.8) is 0 Å². The van der Waals surface area contributed by atoms with E-state index in [9.17, 15) is 0 Å². The summed E-state index contributed by atoms with van der Waals surface area (Å²) in [6, 6.07) is 14.7. The molecule has 0 bridgehead atoms. The van der Waals surface area contributed by atoms with Crippen molar-refractivity contribution in [2.75, 3.05) is 13.6 Å². The van der Waals surface area contributed by atoms with Crippen LogP contribution in [0.5, 0.6) is 5.75 Å². The van der Waals surface area contributed by atoms with Crippen molar-refractivity contribution >= 4 is 22.5 Å². The maximum atomic E-state index is 6.48. The molecule has 3 rings (SSSR count). The number of benzene rings is 2. The highest BCUT2D eigenvalue weighted by Crippen LogP contribution is 2.36. The van der Waals surface area contributed by atoms with Gasteiger partial charge in [0.15, 0.2) is 0 Å². The lowest BCUT2D eigenvalue weighted by atomic mass is 10.0. The van der Waals surface area contributed by atoms with E-state index >= 15 is 0 Å². The first kappa shape index (κ1) is 15.4. The van der Waals surface area contributed by atoms with Gasteiger partial charge in [0.2, 0.25) is 0 Å². The van der Waals surface area contributed by atoms with Crippen LogP contribution in [0.2, 0.25) is 0 Å². The molecule has 1 N–H and O–H groups in total. The van der Waals surface area contributed by atoms with Crippen molar-refractivity contribution in [2.45, 2.75) is 24.7 Å². The van der Waals surface area contributed by atoms with Crippen LogP contribution in [-0.2, 0) is 0 Å². The standard InChI is InChI=1S/C19H23NOS/c1-14-11-13-22-19(14)18(10-12-20-2)21-17-9-5-7-15-6-3-4-8-16(15)17/h3-9,11,13-14,18-20H,10,12H2,1-2H3/t14?,18?,19-/m1/s1. The Morgan fingerprint density at radius 1 is 1.18 bits per heavy atom. The van der Waals surface area contributed by atoms with Gasteiger partial charge < -0.3 is 10.1 Å². The first-order valence-corrected chi connectivity index (χ1v) is 8.85. The molecule has 3 heteroatoms. The van der Waals surface area contributed by atoms with E-state index in [1.807, 2.05) is 18.8 Å². The number of fused-ring (bicyclic) bond motifs is 1. The first-order chi connectivity index (χ1) is 10.8. The Balaban J connectivity index is 1.85. The van der Waals surface area contributed by atoms with Crippen molar-refractivity contribution in [1.29, 1.82) is 0 Å². The van der Waals surface area contributed by atoms with Gasteiger partial charge in [-0.25, -0.2) is 0 Å². The highest BCUT2D eigenvalue weighted by molar-refractivity contribution is 8.03. The molecule has 0 fully saturated rings. The zero-order valence-electron chi connectivity index (χ0n) is 13.2. The van der Waals surface area contributed by atoms with E-state index in [-0.39, 0.29) is 6.10 Å². The summed E-state index contributed by atoms with van der Waals surface area (Å²) in [7, 11) is 2.00. The summed E-state index contributed by atoms with van der Waals surface area (Å²) in [5.74, 6) is 1.56. The summed E-state index contributed by atoms with van der Waals surface area (Å²) in [6.45, 7) is 3.25. The summed E-state index contributed by atoms with van der Waals surface area (Å²) in [5, 5.41) is 8.39. The number of allylic oxidation sites excluding steroid dienone is 1. The Kier molecular flexibility index (Phi) is 5.06. The summed E-state index contributed by atoms with van der Waals surface area (Å²) in [5.41, 5.74) is 0. The molecule has 0 saturated carbocycles. The highest BCUT2D eigenvalue weighted by Gasteiger charge is 2.30. The molecule has 1 aliphatic heterocycles. The molecule has 0 aromatic heterocycles. The predicted molar refractivity (Wildman–Crippen MR) is 96.6 cm³/mol. The fourth-order valence-corrected chi connectivity index (χ4v) is 4.18. The van der Waals surface area contributed by atoms with Gasteiger partial charge in [0.05, 0.1) is 5.25 Å². The SMILES string of the molecule is CNCCC(Oc1cccc2ccccc12)[C@@H]1SC=CC1C. The molecule has 0 radical (unpaired) electrons. The molecular weight excluding hydrogens is 290 g/mol. The quantitative estimate of drug-likeness (QED) is 0.850. The molecular formula is C19H23NOS. The zero-order valence-corrected chi connectivity index (χ0v) is 14.0. The van der Waals surface area contributed by atoms with Crippen molar-refractivity contribution < 1.29 is 4.74 Å². The van der Waals surface area contributed by atoms with Crippen LogP contribution in [0.3, 0.4) is 0 Å². The summed E-state index contributed by atoms with van der Waals surface area (Å²) >= 11 is 1.90. The average molecular weight is 313 g/mol. The highest BCUT2D eigenvalue weighted by atomic mass is 32.2. The van der Waals surface area contributed by atoms with Crippen molar-refractivity contribution in [1.82, 2.24) is 5.32 Å². The first-order valence-electron chi connectivity index (χ1n) is 7.91. The van der Waals surface area contributed by atoms with Gasteiger partial charge in [0.25, 0.3) is 0 Å². The Hall–Kier alpha value is -1.45. The van der Waals surface area contributed by atoms with Gasteiger partial charge in [-0.1, -0.05) is 49.4 Å². The maximum Gasteiger partial charge on any atom is 0.127 e. The molecule has 1 aliphatic rings. The second kappa shape index (κ2) is 7.21. The molecule has 2 unspecified atom stereocenters. The Bertz CT molecular complexity index is 649. The van der Waals surface area contributed by atoms with Crippen LogP contribution < -0.4 is 10.1 Å². The summed E-state index contributed by atoms with van der Waals surface area (Å²) in [6.07, 6.45) is 3.52. The molecule has 0 amide bonds. The molecule has 0 saturated heterocycles. The van der Waals surface area contributed by atoms with Crippen LogP contribution >= 0.6 is 11.8 Å². The van der Waals surface area contributed by atoms with E-state index in [0.717, 1.165) is 18.7 Å². The van der Waals surface area contributed by atoms with E-state index in [4.69, 9.17) is 4.74 Å². The molecule has 0 aliphatic carbocycles. The lowest BCUT2D eigenvalue weighted by Crippen LogP contribution is -2.34. The molecule has 116 valence electrons. The molecule has 2 nitrogen and oxygen atoms in total. The summed E-state index contributed by atoms with van der Waals surface area (Å²) in [4.78, 5) is 0. The van der Waals surface area contributed by atoms with Crippen LogP contribution in [0, 0.1) is 5.92 Å². The largest absolute Gasteiger partial charge is 0.489 e. The van der Waals surface area contributed by atoms with Crippen LogP contribution in [-0.4, -0.2) is 24.9 Å². The van der Waals surface area contributed by atoms with E-state index in [2.05, 4.69) is 66.2 Å². The maximum absolute atomic E-state index is 6.48. The second-order valence-corrected chi connectivity index (χ2v) is 6.90. The normalized spacial score (nSPS) is 22.1. The Morgan fingerprint density at radius 2 is 2.00 bits per heavy atom. The Labute approximate surface area is 136 Å². The third kappa shape index (κ3) is 3.31. The number of hydrogen-bond acceptors (Lipinski definition) is 3. The zero-order chi connectivity index (χ0) is 15.4. The second-order valence-electron chi connectivity index (χ2n) is 5.81. The third-order valence-corrected chi connectivity index (χ3v) is 5.57. The number of thioether (sulfide) groups is 1. The number of rotatable bonds is 6. The van der Waals surface area contributed by atoms with Gasteiger partial charge in [0.1, 0.15) is 11.9 Å². The number of hydrogen-bond donors (Lipinski definition) is 1.